The van der Waals surface area contributed by atoms with Crippen molar-refractivity contribution in [3.8, 4) is 0 Å². The highest BCUT2D eigenvalue weighted by atomic mass is 32.2. The molecule has 0 bridgehead atoms. The van der Waals surface area contributed by atoms with Gasteiger partial charge in [-0.1, -0.05) is 39.2 Å². The van der Waals surface area contributed by atoms with Crippen molar-refractivity contribution in [1.29, 1.82) is 0 Å². The number of thioether (sulfide) groups is 1. The molecule has 1 aliphatic rings. The summed E-state index contributed by atoms with van der Waals surface area (Å²) in [5.41, 5.74) is 2.62. The average Bonchev–Trinajstić information content (AvgIpc) is 2.40. The van der Waals surface area contributed by atoms with Crippen molar-refractivity contribution in [1.82, 2.24) is 10.3 Å². The number of pyridine rings is 1. The molecule has 0 saturated heterocycles. The number of nitrogens with one attached hydrogen (secondary N) is 1. The van der Waals surface area contributed by atoms with Gasteiger partial charge in [0.05, 0.1) is 5.03 Å². The molecule has 0 atom stereocenters. The van der Waals surface area contributed by atoms with Gasteiger partial charge in [0.2, 0.25) is 0 Å². The Bertz CT molecular complexity index is 398. The Hall–Kier alpha value is -0.540. The second-order valence-electron chi connectivity index (χ2n) is 5.88. The van der Waals surface area contributed by atoms with E-state index in [4.69, 9.17) is 0 Å². The predicted octanol–water partition coefficient (Wildman–Crippen LogP) is 4.31. The van der Waals surface area contributed by atoms with E-state index in [1.54, 1.807) is 0 Å². The van der Waals surface area contributed by atoms with Crippen molar-refractivity contribution in [3.05, 3.63) is 23.4 Å². The maximum absolute atomic E-state index is 4.67. The number of nitrogens with zero attached hydrogens (tertiary/aromatic N) is 1. The monoisotopic (exact) mass is 278 g/mol. The SMILES string of the molecule is Cc1cc(CNC(C)C)cnc1SC1CCCCC1. The first-order valence-corrected chi connectivity index (χ1v) is 8.38. The summed E-state index contributed by atoms with van der Waals surface area (Å²) in [4.78, 5) is 4.67. The van der Waals surface area contributed by atoms with Crippen LogP contribution in [0.25, 0.3) is 0 Å². The zero-order valence-electron chi connectivity index (χ0n) is 12.4. The Morgan fingerprint density at radius 1 is 1.32 bits per heavy atom. The van der Waals surface area contributed by atoms with Crippen molar-refractivity contribution in [2.24, 2.45) is 0 Å². The fourth-order valence-electron chi connectivity index (χ4n) is 2.50. The normalized spacial score (nSPS) is 17.1. The lowest BCUT2D eigenvalue weighted by Crippen LogP contribution is -2.22. The molecule has 1 heterocycles. The van der Waals surface area contributed by atoms with Crippen molar-refractivity contribution >= 4 is 11.8 Å². The molecule has 2 nitrogen and oxygen atoms in total. The fraction of sp³-hybridized carbons (Fsp3) is 0.688. The van der Waals surface area contributed by atoms with Crippen LogP contribution in [0.15, 0.2) is 17.3 Å². The molecule has 1 saturated carbocycles. The van der Waals surface area contributed by atoms with Gasteiger partial charge in [-0.3, -0.25) is 0 Å². The molecule has 19 heavy (non-hydrogen) atoms. The first kappa shape index (κ1) is 14.9. The highest BCUT2D eigenvalue weighted by Crippen LogP contribution is 2.34. The third-order valence-electron chi connectivity index (χ3n) is 3.63. The molecule has 0 unspecified atom stereocenters. The van der Waals surface area contributed by atoms with Gasteiger partial charge in [-0.05, 0) is 30.9 Å². The molecule has 0 amide bonds. The largest absolute Gasteiger partial charge is 0.310 e. The van der Waals surface area contributed by atoms with E-state index in [9.17, 15) is 0 Å². The summed E-state index contributed by atoms with van der Waals surface area (Å²) in [6.45, 7) is 7.46. The van der Waals surface area contributed by atoms with E-state index in [1.165, 1.54) is 48.3 Å². The molecule has 1 N–H and O–H groups in total. The van der Waals surface area contributed by atoms with Gasteiger partial charge < -0.3 is 5.32 Å². The molecule has 0 aliphatic heterocycles. The Morgan fingerprint density at radius 3 is 2.68 bits per heavy atom. The van der Waals surface area contributed by atoms with Crippen LogP contribution >= 0.6 is 11.8 Å². The highest BCUT2D eigenvalue weighted by molar-refractivity contribution is 7.99. The summed E-state index contributed by atoms with van der Waals surface area (Å²) in [6, 6.07) is 2.81. The van der Waals surface area contributed by atoms with E-state index < -0.39 is 0 Å². The lowest BCUT2D eigenvalue weighted by atomic mass is 10.0. The van der Waals surface area contributed by atoms with Gasteiger partial charge >= 0.3 is 0 Å². The Kier molecular flexibility index (Phi) is 5.71. The van der Waals surface area contributed by atoms with Crippen molar-refractivity contribution in [2.75, 3.05) is 0 Å². The molecular weight excluding hydrogens is 252 g/mol. The van der Waals surface area contributed by atoms with Crippen LogP contribution in [0.1, 0.15) is 57.1 Å². The second kappa shape index (κ2) is 7.30. The third-order valence-corrected chi connectivity index (χ3v) is 5.09. The quantitative estimate of drug-likeness (QED) is 0.868. The molecule has 0 aromatic carbocycles. The van der Waals surface area contributed by atoms with Crippen LogP contribution in [0, 0.1) is 6.92 Å². The smallest absolute Gasteiger partial charge is 0.0991 e. The van der Waals surface area contributed by atoms with Gasteiger partial charge in [0.25, 0.3) is 0 Å². The summed E-state index contributed by atoms with van der Waals surface area (Å²) in [6.07, 6.45) is 8.97. The lowest BCUT2D eigenvalue weighted by molar-refractivity contribution is 0.515. The number of aryl methyl sites for hydroxylation is 1. The van der Waals surface area contributed by atoms with Crippen LogP contribution < -0.4 is 5.32 Å². The standard InChI is InChI=1S/C16H26N2S/c1-12(2)17-10-14-9-13(3)16(18-11-14)19-15-7-5-4-6-8-15/h9,11-12,15,17H,4-8,10H2,1-3H3. The van der Waals surface area contributed by atoms with Gasteiger partial charge in [-0.2, -0.15) is 0 Å². The molecule has 0 spiro atoms. The molecule has 1 aliphatic carbocycles. The van der Waals surface area contributed by atoms with E-state index >= 15 is 0 Å². The van der Waals surface area contributed by atoms with Crippen molar-refractivity contribution in [2.45, 2.75) is 75.7 Å². The minimum atomic E-state index is 0.525. The zero-order chi connectivity index (χ0) is 13.7. The summed E-state index contributed by atoms with van der Waals surface area (Å²) in [7, 11) is 0. The minimum Gasteiger partial charge on any atom is -0.310 e. The van der Waals surface area contributed by atoms with Crippen LogP contribution in [0.2, 0.25) is 0 Å². The van der Waals surface area contributed by atoms with Crippen molar-refractivity contribution in [3.63, 3.8) is 0 Å². The van der Waals surface area contributed by atoms with Gasteiger partial charge in [-0.15, -0.1) is 11.8 Å². The third kappa shape index (κ3) is 4.81. The molecule has 1 aromatic rings. The first-order valence-electron chi connectivity index (χ1n) is 7.50. The molecule has 1 aromatic heterocycles. The topological polar surface area (TPSA) is 24.9 Å². The van der Waals surface area contributed by atoms with E-state index in [1.807, 2.05) is 18.0 Å². The first-order chi connectivity index (χ1) is 9.15. The van der Waals surface area contributed by atoms with Crippen molar-refractivity contribution < 1.29 is 0 Å². The fourth-order valence-corrected chi connectivity index (χ4v) is 3.75. The number of hydrogen-bond acceptors (Lipinski definition) is 3. The number of hydrogen-bond donors (Lipinski definition) is 1. The molecule has 1 fully saturated rings. The van der Waals surface area contributed by atoms with Gasteiger partial charge in [-0.25, -0.2) is 4.98 Å². The minimum absolute atomic E-state index is 0.525. The van der Waals surface area contributed by atoms with Crippen LogP contribution in [0.4, 0.5) is 0 Å². The zero-order valence-corrected chi connectivity index (χ0v) is 13.2. The Balaban J connectivity index is 1.94. The van der Waals surface area contributed by atoms with Crippen LogP contribution in [-0.2, 0) is 6.54 Å². The second-order valence-corrected chi connectivity index (χ2v) is 7.17. The lowest BCUT2D eigenvalue weighted by Gasteiger charge is -2.21. The van der Waals surface area contributed by atoms with Gasteiger partial charge in [0.15, 0.2) is 0 Å². The van der Waals surface area contributed by atoms with E-state index in [2.05, 4.69) is 37.1 Å². The molecule has 106 valence electrons. The molecule has 3 heteroatoms. The molecular formula is C16H26N2S. The summed E-state index contributed by atoms with van der Waals surface area (Å²) < 4.78 is 0. The average molecular weight is 278 g/mol. The Labute approximate surface area is 121 Å². The van der Waals surface area contributed by atoms with Crippen LogP contribution in [0.3, 0.4) is 0 Å². The molecule has 2 rings (SSSR count). The maximum Gasteiger partial charge on any atom is 0.0991 e. The van der Waals surface area contributed by atoms with Gasteiger partial charge in [0, 0.05) is 24.0 Å². The van der Waals surface area contributed by atoms with E-state index in [0.29, 0.717) is 6.04 Å². The highest BCUT2D eigenvalue weighted by Gasteiger charge is 2.16. The van der Waals surface area contributed by atoms with E-state index in [0.717, 1.165) is 11.8 Å². The Morgan fingerprint density at radius 2 is 2.05 bits per heavy atom. The number of rotatable bonds is 5. The number of aromatic nitrogens is 1. The summed E-state index contributed by atoms with van der Waals surface area (Å²) >= 11 is 1.99. The van der Waals surface area contributed by atoms with E-state index in [-0.39, 0.29) is 0 Å². The van der Waals surface area contributed by atoms with Crippen LogP contribution in [-0.4, -0.2) is 16.3 Å². The van der Waals surface area contributed by atoms with Crippen LogP contribution in [0.5, 0.6) is 0 Å². The van der Waals surface area contributed by atoms with Gasteiger partial charge in [0.1, 0.15) is 0 Å². The molecule has 0 radical (unpaired) electrons. The maximum atomic E-state index is 4.67. The summed E-state index contributed by atoms with van der Waals surface area (Å²) in [5, 5.41) is 5.47. The predicted molar refractivity (Wildman–Crippen MR) is 83.7 cm³/mol. The summed E-state index contributed by atoms with van der Waals surface area (Å²) in [5.74, 6) is 0.